The highest BCUT2D eigenvalue weighted by Gasteiger charge is 2.33. The lowest BCUT2D eigenvalue weighted by Crippen LogP contribution is -2.51. The van der Waals surface area contributed by atoms with Crippen LogP contribution in [0.2, 0.25) is 0 Å². The van der Waals surface area contributed by atoms with Crippen molar-refractivity contribution in [3.8, 4) is 10.6 Å². The van der Waals surface area contributed by atoms with Crippen molar-refractivity contribution < 1.29 is 9.59 Å². The molecule has 0 atom stereocenters. The molecule has 1 saturated heterocycles. The minimum Gasteiger partial charge on any atom is -0.334 e. The number of nitrogens with zero attached hydrogens (tertiary/aromatic N) is 4. The second-order valence-electron chi connectivity index (χ2n) is 6.97. The first-order chi connectivity index (χ1) is 13.2. The highest BCUT2D eigenvalue weighted by atomic mass is 32.1. The minimum absolute atomic E-state index is 0.171. The molecule has 8 heteroatoms. The fourth-order valence-corrected chi connectivity index (χ4v) is 4.44. The van der Waals surface area contributed by atoms with Crippen LogP contribution in [0, 0.1) is 0 Å². The van der Waals surface area contributed by atoms with Crippen LogP contribution >= 0.6 is 11.3 Å². The Labute approximate surface area is 162 Å². The quantitative estimate of drug-likeness (QED) is 0.879. The van der Waals surface area contributed by atoms with Crippen molar-refractivity contribution in [3.05, 3.63) is 35.6 Å². The van der Waals surface area contributed by atoms with Crippen molar-refractivity contribution in [2.75, 3.05) is 13.1 Å². The van der Waals surface area contributed by atoms with Gasteiger partial charge in [-0.25, -0.2) is 19.8 Å². The smallest absolute Gasteiger partial charge is 0.334 e. The molecule has 2 fully saturated rings. The number of nitrogens with one attached hydrogen (secondary N) is 1. The van der Waals surface area contributed by atoms with E-state index in [0.717, 1.165) is 42.7 Å². The molecule has 7 nitrogen and oxygen atoms in total. The summed E-state index contributed by atoms with van der Waals surface area (Å²) in [5.74, 6) is -0.224. The second kappa shape index (κ2) is 8.04. The van der Waals surface area contributed by atoms with Gasteiger partial charge in [-0.2, -0.15) is 0 Å². The summed E-state index contributed by atoms with van der Waals surface area (Å²) in [6.07, 6.45) is 9.81. The van der Waals surface area contributed by atoms with E-state index < -0.39 is 0 Å². The number of thiazole rings is 1. The lowest BCUT2D eigenvalue weighted by Gasteiger charge is -2.30. The highest BCUT2D eigenvalue weighted by molar-refractivity contribution is 7.13. The van der Waals surface area contributed by atoms with Crippen molar-refractivity contribution in [2.45, 2.75) is 44.6 Å². The molecular formula is C19H23N5O2S. The molecule has 1 aliphatic heterocycles. The third-order valence-electron chi connectivity index (χ3n) is 5.06. The standard InChI is InChI=1S/C19H23N5O2S/c25-18(16-13-27-17(22-16)14-6-4-9-20-12-14)23-10-5-11-24(23)19(26)21-15-7-2-1-3-8-15/h4,6,9,12-13,15H,1-3,5,7-8,10-11H2,(H,21,26). The van der Waals surface area contributed by atoms with Gasteiger partial charge < -0.3 is 5.32 Å². The van der Waals surface area contributed by atoms with Gasteiger partial charge in [0.1, 0.15) is 10.7 Å². The molecule has 2 aliphatic rings. The monoisotopic (exact) mass is 385 g/mol. The Balaban J connectivity index is 1.44. The maximum atomic E-state index is 12.9. The Morgan fingerprint density at radius 2 is 1.93 bits per heavy atom. The average Bonchev–Trinajstić information content (AvgIpc) is 3.39. The summed E-state index contributed by atoms with van der Waals surface area (Å²) in [6.45, 7) is 1.10. The number of amides is 3. The molecular weight excluding hydrogens is 362 g/mol. The van der Waals surface area contributed by atoms with Crippen LogP contribution in [0.1, 0.15) is 49.0 Å². The van der Waals surface area contributed by atoms with Gasteiger partial charge in [-0.15, -0.1) is 11.3 Å². The van der Waals surface area contributed by atoms with Crippen LogP contribution in [-0.2, 0) is 0 Å². The first-order valence-electron chi connectivity index (χ1n) is 9.48. The molecule has 3 heterocycles. The van der Waals surface area contributed by atoms with E-state index >= 15 is 0 Å². The zero-order valence-electron chi connectivity index (χ0n) is 15.1. The van der Waals surface area contributed by atoms with Crippen LogP contribution in [0.3, 0.4) is 0 Å². The Bertz CT molecular complexity index is 803. The number of hydrogen-bond donors (Lipinski definition) is 1. The van der Waals surface area contributed by atoms with E-state index in [-0.39, 0.29) is 18.0 Å². The summed E-state index contributed by atoms with van der Waals surface area (Å²) in [4.78, 5) is 34.2. The molecule has 3 amide bonds. The molecule has 142 valence electrons. The van der Waals surface area contributed by atoms with E-state index in [1.54, 1.807) is 22.8 Å². The fraction of sp³-hybridized carbons (Fsp3) is 0.474. The minimum atomic E-state index is -0.224. The van der Waals surface area contributed by atoms with Crippen LogP contribution in [0.25, 0.3) is 10.6 Å². The van der Waals surface area contributed by atoms with Crippen molar-refractivity contribution in [2.24, 2.45) is 0 Å². The van der Waals surface area contributed by atoms with Crippen molar-refractivity contribution in [3.63, 3.8) is 0 Å². The fourth-order valence-electron chi connectivity index (χ4n) is 3.66. The summed E-state index contributed by atoms with van der Waals surface area (Å²) in [5, 5.41) is 8.67. The zero-order chi connectivity index (χ0) is 18.6. The highest BCUT2D eigenvalue weighted by Crippen LogP contribution is 2.25. The van der Waals surface area contributed by atoms with Crippen LogP contribution in [0.5, 0.6) is 0 Å². The SMILES string of the molecule is O=C(NC1CCCCC1)N1CCCN1C(=O)c1csc(-c2cccnc2)n1. The molecule has 0 unspecified atom stereocenters. The number of rotatable bonds is 3. The van der Waals surface area contributed by atoms with Crippen LogP contribution in [-0.4, -0.2) is 51.1 Å². The van der Waals surface area contributed by atoms with Crippen LogP contribution in [0.15, 0.2) is 29.9 Å². The lowest BCUT2D eigenvalue weighted by molar-refractivity contribution is 0.0363. The number of hydrogen-bond acceptors (Lipinski definition) is 5. The van der Waals surface area contributed by atoms with Crippen molar-refractivity contribution in [1.29, 1.82) is 0 Å². The number of aromatic nitrogens is 2. The molecule has 2 aromatic rings. The Morgan fingerprint density at radius 3 is 2.70 bits per heavy atom. The van der Waals surface area contributed by atoms with Crippen molar-refractivity contribution >= 4 is 23.3 Å². The topological polar surface area (TPSA) is 78.4 Å². The second-order valence-corrected chi connectivity index (χ2v) is 7.83. The van der Waals surface area contributed by atoms with E-state index in [9.17, 15) is 9.59 Å². The van der Waals surface area contributed by atoms with Gasteiger partial charge in [0.2, 0.25) is 0 Å². The molecule has 2 aromatic heterocycles. The van der Waals surface area contributed by atoms with Gasteiger partial charge in [0, 0.05) is 42.5 Å². The largest absolute Gasteiger partial charge is 0.336 e. The van der Waals surface area contributed by atoms with E-state index in [0.29, 0.717) is 18.8 Å². The number of urea groups is 1. The van der Waals surface area contributed by atoms with Gasteiger partial charge in [-0.1, -0.05) is 19.3 Å². The Morgan fingerprint density at radius 1 is 1.11 bits per heavy atom. The van der Waals surface area contributed by atoms with E-state index in [4.69, 9.17) is 0 Å². The van der Waals surface area contributed by atoms with E-state index in [1.807, 2.05) is 12.1 Å². The van der Waals surface area contributed by atoms with Crippen molar-refractivity contribution in [1.82, 2.24) is 25.3 Å². The van der Waals surface area contributed by atoms with E-state index in [1.165, 1.54) is 22.8 Å². The first kappa shape index (κ1) is 17.9. The van der Waals surface area contributed by atoms with E-state index in [2.05, 4.69) is 15.3 Å². The van der Waals surface area contributed by atoms with Gasteiger partial charge in [0.05, 0.1) is 0 Å². The summed E-state index contributed by atoms with van der Waals surface area (Å²) >= 11 is 1.41. The molecule has 1 saturated carbocycles. The Kier molecular flexibility index (Phi) is 5.33. The molecule has 0 spiro atoms. The summed E-state index contributed by atoms with van der Waals surface area (Å²) in [7, 11) is 0. The normalized spacial score (nSPS) is 17.9. The molecule has 0 aromatic carbocycles. The molecule has 1 aliphatic carbocycles. The third kappa shape index (κ3) is 3.95. The number of pyridine rings is 1. The van der Waals surface area contributed by atoms with Gasteiger partial charge in [0.25, 0.3) is 5.91 Å². The molecule has 0 radical (unpaired) electrons. The predicted molar refractivity (Wildman–Crippen MR) is 103 cm³/mol. The third-order valence-corrected chi connectivity index (χ3v) is 5.96. The Hall–Kier alpha value is -2.48. The number of carbonyl (C=O) groups excluding carboxylic acids is 2. The molecule has 1 N–H and O–H groups in total. The van der Waals surface area contributed by atoms with Gasteiger partial charge >= 0.3 is 6.03 Å². The van der Waals surface area contributed by atoms with Gasteiger partial charge in [-0.3, -0.25) is 9.78 Å². The molecule has 4 rings (SSSR count). The van der Waals surface area contributed by atoms with Crippen LogP contribution in [0.4, 0.5) is 4.79 Å². The molecule has 0 bridgehead atoms. The van der Waals surface area contributed by atoms with Gasteiger partial charge in [0.15, 0.2) is 0 Å². The summed E-state index contributed by atoms with van der Waals surface area (Å²) < 4.78 is 0. The van der Waals surface area contributed by atoms with Gasteiger partial charge in [-0.05, 0) is 31.4 Å². The summed E-state index contributed by atoms with van der Waals surface area (Å²) in [5.41, 5.74) is 1.26. The molecule has 27 heavy (non-hydrogen) atoms. The summed E-state index contributed by atoms with van der Waals surface area (Å²) in [6, 6.07) is 3.81. The van der Waals surface area contributed by atoms with Crippen LogP contribution < -0.4 is 5.32 Å². The maximum absolute atomic E-state index is 12.9. The first-order valence-corrected chi connectivity index (χ1v) is 10.4. The lowest BCUT2D eigenvalue weighted by atomic mass is 9.96. The number of carbonyl (C=O) groups is 2. The maximum Gasteiger partial charge on any atom is 0.336 e. The average molecular weight is 385 g/mol. The number of hydrazine groups is 1. The predicted octanol–water partition coefficient (Wildman–Crippen LogP) is 3.31. The zero-order valence-corrected chi connectivity index (χ0v) is 16.0.